The van der Waals surface area contributed by atoms with Crippen LogP contribution in [0, 0.1) is 0 Å². The number of hydrogen-bond acceptors (Lipinski definition) is 6. The second kappa shape index (κ2) is 10.3. The summed E-state index contributed by atoms with van der Waals surface area (Å²) in [6, 6.07) is -1.35. The van der Waals surface area contributed by atoms with E-state index in [4.69, 9.17) is 16.6 Å². The van der Waals surface area contributed by atoms with Crippen molar-refractivity contribution in [1.29, 1.82) is 0 Å². The first-order valence-corrected chi connectivity index (χ1v) is 9.27. The Kier molecular flexibility index (Phi) is 10.1. The van der Waals surface area contributed by atoms with Crippen LogP contribution in [0.3, 0.4) is 0 Å². The van der Waals surface area contributed by atoms with E-state index in [2.05, 4.69) is 26.1 Å². The lowest BCUT2D eigenvalue weighted by Crippen LogP contribution is -2.42. The Balaban J connectivity index is 3.67. The number of carboxylic acids is 1. The Morgan fingerprint density at radius 1 is 1.19 bits per heavy atom. The summed E-state index contributed by atoms with van der Waals surface area (Å²) < 4.78 is 0.143. The molecule has 0 fully saturated rings. The van der Waals surface area contributed by atoms with Crippen LogP contribution in [0.1, 0.15) is 40.0 Å². The molecule has 0 aromatic carbocycles. The van der Waals surface area contributed by atoms with Crippen molar-refractivity contribution in [2.75, 3.05) is 12.3 Å². The molecule has 0 aliphatic carbocycles. The van der Waals surface area contributed by atoms with Crippen LogP contribution in [-0.2, 0) is 9.59 Å². The number of carboxylic acid groups (broad SMARTS) is 1. The summed E-state index contributed by atoms with van der Waals surface area (Å²) in [7, 11) is 3.30. The standard InChI is InChI=1S/C13H27N3O3S2/c1-13(2,3)21-20-8-10(15)11(17)16-7-5-4-6-9(14)12(18)19/h9-10H,4-8,14-15H2,1-3H3,(H,16,17)(H,18,19)/t9?,10-/m0/s1. The minimum Gasteiger partial charge on any atom is -0.480 e. The fraction of sp³-hybridized carbons (Fsp3) is 0.846. The minimum absolute atomic E-state index is 0.143. The van der Waals surface area contributed by atoms with Crippen LogP contribution in [0.25, 0.3) is 0 Å². The molecule has 21 heavy (non-hydrogen) atoms. The van der Waals surface area contributed by atoms with Gasteiger partial charge in [-0.15, -0.1) is 0 Å². The van der Waals surface area contributed by atoms with Gasteiger partial charge >= 0.3 is 5.97 Å². The highest BCUT2D eigenvalue weighted by Gasteiger charge is 2.16. The van der Waals surface area contributed by atoms with Crippen molar-refractivity contribution < 1.29 is 14.7 Å². The molecule has 0 heterocycles. The van der Waals surface area contributed by atoms with Crippen LogP contribution in [0.2, 0.25) is 0 Å². The van der Waals surface area contributed by atoms with Crippen LogP contribution >= 0.6 is 21.6 Å². The number of nitrogens with one attached hydrogen (secondary N) is 1. The maximum absolute atomic E-state index is 11.7. The van der Waals surface area contributed by atoms with Gasteiger partial charge in [0.25, 0.3) is 0 Å². The fourth-order valence-electron chi connectivity index (χ4n) is 1.32. The average Bonchev–Trinajstić information content (AvgIpc) is 2.35. The number of aliphatic carboxylic acids is 1. The first kappa shape index (κ1) is 20.6. The number of amides is 1. The summed E-state index contributed by atoms with van der Waals surface area (Å²) in [4.78, 5) is 22.2. The van der Waals surface area contributed by atoms with E-state index in [0.29, 0.717) is 31.6 Å². The van der Waals surface area contributed by atoms with Gasteiger partial charge in [-0.1, -0.05) is 42.4 Å². The molecule has 124 valence electrons. The average molecular weight is 338 g/mol. The Labute approximate surface area is 134 Å². The quantitative estimate of drug-likeness (QED) is 0.349. The van der Waals surface area contributed by atoms with E-state index in [1.807, 2.05) is 0 Å². The van der Waals surface area contributed by atoms with E-state index in [9.17, 15) is 9.59 Å². The zero-order valence-corrected chi connectivity index (χ0v) is 14.6. The third-order valence-electron chi connectivity index (χ3n) is 2.45. The lowest BCUT2D eigenvalue weighted by molar-refractivity contribution is -0.138. The minimum atomic E-state index is -0.991. The number of nitrogens with two attached hydrogens (primary N) is 2. The smallest absolute Gasteiger partial charge is 0.320 e. The molecule has 2 atom stereocenters. The molecule has 0 radical (unpaired) electrons. The maximum Gasteiger partial charge on any atom is 0.320 e. The molecule has 1 unspecified atom stereocenters. The first-order chi connectivity index (χ1) is 9.63. The Morgan fingerprint density at radius 3 is 2.33 bits per heavy atom. The largest absolute Gasteiger partial charge is 0.480 e. The predicted molar refractivity (Wildman–Crippen MR) is 90.2 cm³/mol. The zero-order chi connectivity index (χ0) is 16.5. The Hall–Kier alpha value is -0.440. The predicted octanol–water partition coefficient (Wildman–Crippen LogP) is 1.19. The molecule has 0 bridgehead atoms. The normalized spacial score (nSPS) is 14.5. The summed E-state index contributed by atoms with van der Waals surface area (Å²) in [5.41, 5.74) is 11.2. The monoisotopic (exact) mass is 337 g/mol. The van der Waals surface area contributed by atoms with Gasteiger partial charge in [0.05, 0.1) is 6.04 Å². The number of rotatable bonds is 10. The maximum atomic E-state index is 11.7. The van der Waals surface area contributed by atoms with Gasteiger partial charge in [0.2, 0.25) is 5.91 Å². The number of carbonyl (C=O) groups is 2. The zero-order valence-electron chi connectivity index (χ0n) is 12.9. The molecule has 0 aromatic rings. The number of unbranched alkanes of at least 4 members (excludes halogenated alkanes) is 1. The number of carbonyl (C=O) groups excluding carboxylic acids is 1. The molecule has 0 saturated heterocycles. The second-order valence-corrected chi connectivity index (χ2v) is 8.99. The van der Waals surface area contributed by atoms with Crippen LogP contribution in [0.15, 0.2) is 0 Å². The lowest BCUT2D eigenvalue weighted by atomic mass is 10.1. The molecule has 6 N–H and O–H groups in total. The van der Waals surface area contributed by atoms with E-state index in [0.717, 1.165) is 0 Å². The summed E-state index contributed by atoms with van der Waals surface area (Å²) in [5.74, 6) is -0.591. The molecule has 6 nitrogen and oxygen atoms in total. The van der Waals surface area contributed by atoms with E-state index in [1.165, 1.54) is 0 Å². The molecular formula is C13H27N3O3S2. The second-order valence-electron chi connectivity index (χ2n) is 5.82. The third kappa shape index (κ3) is 11.9. The summed E-state index contributed by atoms with van der Waals surface area (Å²) in [6.07, 6.45) is 1.77. The van der Waals surface area contributed by atoms with E-state index in [1.54, 1.807) is 21.6 Å². The van der Waals surface area contributed by atoms with Crippen molar-refractivity contribution in [3.63, 3.8) is 0 Å². The van der Waals surface area contributed by atoms with Gasteiger partial charge in [0, 0.05) is 17.0 Å². The van der Waals surface area contributed by atoms with E-state index in [-0.39, 0.29) is 10.7 Å². The fourth-order valence-corrected chi connectivity index (χ4v) is 3.74. The van der Waals surface area contributed by atoms with E-state index >= 15 is 0 Å². The van der Waals surface area contributed by atoms with Crippen LogP contribution in [0.4, 0.5) is 0 Å². The molecule has 0 aliphatic heterocycles. The summed E-state index contributed by atoms with van der Waals surface area (Å²) in [5, 5.41) is 11.4. The summed E-state index contributed by atoms with van der Waals surface area (Å²) >= 11 is 0. The van der Waals surface area contributed by atoms with Gasteiger partial charge < -0.3 is 21.9 Å². The third-order valence-corrected chi connectivity index (χ3v) is 5.83. The van der Waals surface area contributed by atoms with Crippen molar-refractivity contribution in [2.24, 2.45) is 11.5 Å². The van der Waals surface area contributed by atoms with Crippen molar-refractivity contribution in [1.82, 2.24) is 5.32 Å². The molecule has 1 amide bonds. The van der Waals surface area contributed by atoms with Crippen molar-refractivity contribution in [3.8, 4) is 0 Å². The van der Waals surface area contributed by atoms with Gasteiger partial charge in [0.15, 0.2) is 0 Å². The van der Waals surface area contributed by atoms with Gasteiger partial charge in [-0.3, -0.25) is 9.59 Å². The molecule has 0 spiro atoms. The Bertz CT molecular complexity index is 335. The molecule has 0 aliphatic rings. The van der Waals surface area contributed by atoms with Crippen LogP contribution in [-0.4, -0.2) is 46.1 Å². The topological polar surface area (TPSA) is 118 Å². The molecular weight excluding hydrogens is 310 g/mol. The molecule has 0 saturated carbocycles. The molecule has 0 aromatic heterocycles. The van der Waals surface area contributed by atoms with Gasteiger partial charge in [-0.25, -0.2) is 0 Å². The van der Waals surface area contributed by atoms with Gasteiger partial charge in [-0.05, 0) is 19.3 Å². The summed E-state index contributed by atoms with van der Waals surface area (Å²) in [6.45, 7) is 6.82. The van der Waals surface area contributed by atoms with Crippen molar-refractivity contribution >= 4 is 33.5 Å². The molecule has 8 heteroatoms. The Morgan fingerprint density at radius 2 is 1.81 bits per heavy atom. The highest BCUT2D eigenvalue weighted by molar-refractivity contribution is 8.77. The highest BCUT2D eigenvalue weighted by atomic mass is 33.1. The molecule has 0 rings (SSSR count). The van der Waals surface area contributed by atoms with Gasteiger partial charge in [-0.2, -0.15) is 0 Å². The van der Waals surface area contributed by atoms with Crippen molar-refractivity contribution in [2.45, 2.75) is 56.9 Å². The number of hydrogen-bond donors (Lipinski definition) is 4. The van der Waals surface area contributed by atoms with Crippen molar-refractivity contribution in [3.05, 3.63) is 0 Å². The first-order valence-electron chi connectivity index (χ1n) is 6.96. The van der Waals surface area contributed by atoms with Crippen LogP contribution < -0.4 is 16.8 Å². The van der Waals surface area contributed by atoms with Gasteiger partial charge in [0.1, 0.15) is 6.04 Å². The lowest BCUT2D eigenvalue weighted by Gasteiger charge is -2.18. The highest BCUT2D eigenvalue weighted by Crippen LogP contribution is 2.34. The van der Waals surface area contributed by atoms with Crippen LogP contribution in [0.5, 0.6) is 0 Å². The SMILES string of the molecule is CC(C)(C)SSC[C@H](N)C(=O)NCCCCC(N)C(=O)O. The van der Waals surface area contributed by atoms with E-state index < -0.39 is 18.1 Å².